The van der Waals surface area contributed by atoms with Crippen LogP contribution in [0.25, 0.3) is 10.8 Å². The van der Waals surface area contributed by atoms with Crippen LogP contribution in [0.4, 0.5) is 5.69 Å². The van der Waals surface area contributed by atoms with E-state index in [1.165, 1.54) is 0 Å². The van der Waals surface area contributed by atoms with Crippen molar-refractivity contribution < 1.29 is 24.5 Å². The first-order chi connectivity index (χ1) is 17.4. The van der Waals surface area contributed by atoms with Gasteiger partial charge in [0.15, 0.2) is 12.5 Å². The van der Waals surface area contributed by atoms with Crippen molar-refractivity contribution in [2.75, 3.05) is 18.6 Å². The molecule has 1 aliphatic rings. The molecule has 36 heavy (non-hydrogen) atoms. The summed E-state index contributed by atoms with van der Waals surface area (Å²) in [7, 11) is 1.63. The maximum atomic E-state index is 13.4. The van der Waals surface area contributed by atoms with Gasteiger partial charge in [0.25, 0.3) is 0 Å². The van der Waals surface area contributed by atoms with Crippen LogP contribution < -0.4 is 9.64 Å². The third-order valence-corrected chi connectivity index (χ3v) is 7.13. The molecule has 0 fully saturated rings. The topological polar surface area (TPSA) is 79.2 Å². The average Bonchev–Trinajstić information content (AvgIpc) is 3.17. The molecular weight excluding hydrogens is 454 g/mol. The third-order valence-electron chi connectivity index (χ3n) is 7.13. The number of hydrogen-bond acceptors (Lipinski definition) is 6. The van der Waals surface area contributed by atoms with Gasteiger partial charge in [-0.3, -0.25) is 4.79 Å². The lowest BCUT2D eigenvalue weighted by atomic mass is 9.75. The largest absolute Gasteiger partial charge is 0.497 e. The Hall–Kier alpha value is -3.87. The van der Waals surface area contributed by atoms with Gasteiger partial charge in [-0.1, -0.05) is 54.6 Å². The Bertz CT molecular complexity index is 1390. The fraction of sp³-hybridized carbons (Fsp3) is 0.233. The molecule has 5 rings (SSSR count). The monoisotopic (exact) mass is 483 g/mol. The molecule has 3 atom stereocenters. The summed E-state index contributed by atoms with van der Waals surface area (Å²) >= 11 is 0. The summed E-state index contributed by atoms with van der Waals surface area (Å²) in [5.74, 6) is 0.423. The number of aliphatic hydroxyl groups excluding tert-OH is 2. The van der Waals surface area contributed by atoms with Gasteiger partial charge >= 0.3 is 5.97 Å². The number of nitrogens with zero attached hydrogens (tertiary/aromatic N) is 1. The van der Waals surface area contributed by atoms with E-state index < -0.39 is 17.9 Å². The lowest BCUT2D eigenvalue weighted by Gasteiger charge is -2.31. The molecule has 184 valence electrons. The SMILES string of the molecule is CCOC(=O)C(C)(c1ccc(N2C(O)c3ccccc3C2O)cc1)c1ccc2cc(OC)ccc2c1. The first-order valence-electron chi connectivity index (χ1n) is 12.0. The molecule has 0 bridgehead atoms. The summed E-state index contributed by atoms with van der Waals surface area (Å²) in [6.45, 7) is 3.92. The van der Waals surface area contributed by atoms with Crippen molar-refractivity contribution in [3.8, 4) is 5.75 Å². The lowest BCUT2D eigenvalue weighted by Crippen LogP contribution is -2.36. The number of methoxy groups -OCH3 is 1. The predicted octanol–water partition coefficient (Wildman–Crippen LogP) is 5.22. The van der Waals surface area contributed by atoms with Gasteiger partial charge in [-0.05, 0) is 66.1 Å². The Morgan fingerprint density at radius 1 is 0.861 bits per heavy atom. The van der Waals surface area contributed by atoms with E-state index in [1.54, 1.807) is 18.9 Å². The van der Waals surface area contributed by atoms with Gasteiger partial charge in [-0.2, -0.15) is 0 Å². The van der Waals surface area contributed by atoms with Gasteiger partial charge in [-0.15, -0.1) is 0 Å². The van der Waals surface area contributed by atoms with Gasteiger partial charge in [0, 0.05) is 16.8 Å². The van der Waals surface area contributed by atoms with Crippen LogP contribution in [-0.4, -0.2) is 29.9 Å². The van der Waals surface area contributed by atoms with Crippen molar-refractivity contribution in [1.29, 1.82) is 0 Å². The van der Waals surface area contributed by atoms with Gasteiger partial charge < -0.3 is 24.6 Å². The summed E-state index contributed by atoms with van der Waals surface area (Å²) in [6, 6.07) is 26.4. The summed E-state index contributed by atoms with van der Waals surface area (Å²) in [5, 5.41) is 23.7. The highest BCUT2D eigenvalue weighted by Gasteiger charge is 2.40. The van der Waals surface area contributed by atoms with E-state index in [-0.39, 0.29) is 12.6 Å². The van der Waals surface area contributed by atoms with E-state index in [9.17, 15) is 15.0 Å². The van der Waals surface area contributed by atoms with E-state index in [2.05, 4.69) is 0 Å². The number of carbonyl (C=O) groups excluding carboxylic acids is 1. The third kappa shape index (κ3) is 3.79. The Kier molecular flexibility index (Phi) is 6.16. The first-order valence-corrected chi connectivity index (χ1v) is 12.0. The summed E-state index contributed by atoms with van der Waals surface area (Å²) in [5.41, 5.74) is 2.50. The number of esters is 1. The van der Waals surface area contributed by atoms with Gasteiger partial charge in [0.05, 0.1) is 13.7 Å². The Balaban J connectivity index is 1.54. The van der Waals surface area contributed by atoms with Crippen LogP contribution in [0.3, 0.4) is 0 Å². The predicted molar refractivity (Wildman–Crippen MR) is 139 cm³/mol. The minimum Gasteiger partial charge on any atom is -0.497 e. The number of ether oxygens (including phenoxy) is 2. The van der Waals surface area contributed by atoms with Gasteiger partial charge in [0.1, 0.15) is 11.2 Å². The lowest BCUT2D eigenvalue weighted by molar-refractivity contribution is -0.147. The first kappa shape index (κ1) is 23.9. The van der Waals surface area contributed by atoms with E-state index in [0.717, 1.165) is 27.6 Å². The highest BCUT2D eigenvalue weighted by molar-refractivity contribution is 5.91. The van der Waals surface area contributed by atoms with E-state index >= 15 is 0 Å². The second-order valence-electron chi connectivity index (χ2n) is 9.10. The molecule has 6 nitrogen and oxygen atoms in total. The second kappa shape index (κ2) is 9.30. The maximum Gasteiger partial charge on any atom is 0.320 e. The number of rotatable bonds is 6. The van der Waals surface area contributed by atoms with Crippen molar-refractivity contribution >= 4 is 22.4 Å². The van der Waals surface area contributed by atoms with Crippen molar-refractivity contribution in [2.45, 2.75) is 31.7 Å². The molecule has 2 N–H and O–H groups in total. The molecule has 4 aromatic rings. The van der Waals surface area contributed by atoms with Crippen LogP contribution >= 0.6 is 0 Å². The fourth-order valence-corrected chi connectivity index (χ4v) is 5.00. The molecule has 6 heteroatoms. The maximum absolute atomic E-state index is 13.4. The van der Waals surface area contributed by atoms with Crippen LogP contribution in [0.15, 0.2) is 84.9 Å². The Morgan fingerprint density at radius 3 is 2.06 bits per heavy atom. The van der Waals surface area contributed by atoms with Crippen molar-refractivity contribution in [3.05, 3.63) is 107 Å². The van der Waals surface area contributed by atoms with Crippen molar-refractivity contribution in [2.24, 2.45) is 0 Å². The molecule has 0 aliphatic carbocycles. The summed E-state index contributed by atoms with van der Waals surface area (Å²) in [6.07, 6.45) is -1.92. The highest BCUT2D eigenvalue weighted by Crippen LogP contribution is 2.43. The molecule has 0 saturated heterocycles. The number of fused-ring (bicyclic) bond motifs is 2. The Labute approximate surface area is 210 Å². The minimum absolute atomic E-state index is 0.266. The molecule has 3 unspecified atom stereocenters. The zero-order valence-corrected chi connectivity index (χ0v) is 20.5. The molecule has 0 aromatic heterocycles. The molecule has 0 amide bonds. The number of aliphatic hydroxyl groups is 2. The van der Waals surface area contributed by atoms with Gasteiger partial charge in [-0.25, -0.2) is 0 Å². The fourth-order valence-electron chi connectivity index (χ4n) is 5.00. The van der Waals surface area contributed by atoms with E-state index in [4.69, 9.17) is 9.47 Å². The number of hydrogen-bond donors (Lipinski definition) is 2. The van der Waals surface area contributed by atoms with E-state index in [1.807, 2.05) is 91.9 Å². The average molecular weight is 484 g/mol. The molecule has 0 saturated carbocycles. The zero-order valence-electron chi connectivity index (χ0n) is 20.5. The summed E-state index contributed by atoms with van der Waals surface area (Å²) < 4.78 is 10.9. The quantitative estimate of drug-likeness (QED) is 0.366. The van der Waals surface area contributed by atoms with Gasteiger partial charge in [0.2, 0.25) is 0 Å². The second-order valence-corrected chi connectivity index (χ2v) is 9.10. The zero-order chi connectivity index (χ0) is 25.4. The molecule has 0 spiro atoms. The highest BCUT2D eigenvalue weighted by atomic mass is 16.5. The van der Waals surface area contributed by atoms with Crippen LogP contribution in [0.1, 0.15) is 48.6 Å². The number of anilines is 1. The normalized spacial score (nSPS) is 18.5. The van der Waals surface area contributed by atoms with Crippen LogP contribution in [0, 0.1) is 0 Å². The molecular formula is C30H29NO5. The standard InChI is InChI=1S/C30H29NO5/c1-4-36-29(34)30(2,22-11-9-20-18-24(35-3)16-10-19(20)17-22)21-12-14-23(15-13-21)31-27(32)25-7-5-6-8-26(25)28(31)33/h5-18,27-28,32-33H,4H2,1-3H3. The van der Waals surface area contributed by atoms with E-state index in [0.29, 0.717) is 16.8 Å². The molecule has 1 heterocycles. The minimum atomic E-state index is -1.06. The summed E-state index contributed by atoms with van der Waals surface area (Å²) in [4.78, 5) is 14.9. The molecule has 0 radical (unpaired) electrons. The number of benzene rings is 4. The Morgan fingerprint density at radius 2 is 1.44 bits per heavy atom. The van der Waals surface area contributed by atoms with Crippen LogP contribution in [0.2, 0.25) is 0 Å². The van der Waals surface area contributed by atoms with Crippen LogP contribution in [-0.2, 0) is 14.9 Å². The smallest absolute Gasteiger partial charge is 0.320 e. The van der Waals surface area contributed by atoms with Crippen LogP contribution in [0.5, 0.6) is 5.75 Å². The molecule has 4 aromatic carbocycles. The van der Waals surface area contributed by atoms with Crippen molar-refractivity contribution in [3.63, 3.8) is 0 Å². The van der Waals surface area contributed by atoms with Crippen molar-refractivity contribution in [1.82, 2.24) is 0 Å². The molecule has 1 aliphatic heterocycles. The number of carbonyl (C=O) groups is 1.